The van der Waals surface area contributed by atoms with E-state index in [4.69, 9.17) is 9.15 Å². The molecular formula is C25H24N2O5. The van der Waals surface area contributed by atoms with Crippen molar-refractivity contribution in [3.05, 3.63) is 75.6 Å². The lowest BCUT2D eigenvalue weighted by Gasteiger charge is -2.34. The molecule has 32 heavy (non-hydrogen) atoms. The number of carbonyl (C=O) groups is 2. The molecule has 2 aromatic carbocycles. The third-order valence-corrected chi connectivity index (χ3v) is 6.33. The summed E-state index contributed by atoms with van der Waals surface area (Å²) in [5, 5.41) is 0.356. The summed E-state index contributed by atoms with van der Waals surface area (Å²) in [6, 6.07) is 14.2. The number of likely N-dealkylation sites (N-methyl/N-ethyl adjacent to an activating group) is 1. The first-order valence-electron chi connectivity index (χ1n) is 10.9. The van der Waals surface area contributed by atoms with E-state index in [1.165, 1.54) is 4.90 Å². The third kappa shape index (κ3) is 2.54. The molecular weight excluding hydrogens is 408 g/mol. The quantitative estimate of drug-likeness (QED) is 0.559. The molecule has 7 nitrogen and oxygen atoms in total. The van der Waals surface area contributed by atoms with Gasteiger partial charge in [-0.15, -0.1) is 0 Å². The molecule has 0 bridgehead atoms. The summed E-state index contributed by atoms with van der Waals surface area (Å²) in [5.41, 5.74) is -0.0758. The van der Waals surface area contributed by atoms with Crippen molar-refractivity contribution < 1.29 is 18.7 Å². The lowest BCUT2D eigenvalue weighted by Crippen LogP contribution is -2.53. The van der Waals surface area contributed by atoms with Crippen LogP contribution in [0.4, 0.5) is 5.69 Å². The van der Waals surface area contributed by atoms with Crippen LogP contribution in [0.5, 0.6) is 0 Å². The minimum absolute atomic E-state index is 0.0498. The van der Waals surface area contributed by atoms with Gasteiger partial charge in [0.25, 0.3) is 11.8 Å². The van der Waals surface area contributed by atoms with Gasteiger partial charge in [0.05, 0.1) is 16.6 Å². The zero-order valence-corrected chi connectivity index (χ0v) is 18.1. The van der Waals surface area contributed by atoms with Gasteiger partial charge in [-0.2, -0.15) is 0 Å². The summed E-state index contributed by atoms with van der Waals surface area (Å²) in [6.07, 6.45) is 0.532. The van der Waals surface area contributed by atoms with Crippen molar-refractivity contribution in [3.63, 3.8) is 0 Å². The van der Waals surface area contributed by atoms with Crippen molar-refractivity contribution in [1.29, 1.82) is 0 Å². The maximum absolute atomic E-state index is 14.0. The van der Waals surface area contributed by atoms with Crippen LogP contribution in [0.2, 0.25) is 0 Å². The molecule has 0 N–H and O–H groups in total. The van der Waals surface area contributed by atoms with Gasteiger partial charge in [0.15, 0.2) is 11.0 Å². The molecule has 1 unspecified atom stereocenters. The zero-order valence-electron chi connectivity index (χ0n) is 18.1. The summed E-state index contributed by atoms with van der Waals surface area (Å²) in [6.45, 7) is 5.48. The molecule has 2 aliphatic heterocycles. The van der Waals surface area contributed by atoms with Crippen LogP contribution in [0, 0.1) is 0 Å². The number of hydrogen-bond acceptors (Lipinski definition) is 5. The van der Waals surface area contributed by atoms with Crippen molar-refractivity contribution >= 4 is 28.5 Å². The number of fused-ring (bicyclic) bond motifs is 5. The van der Waals surface area contributed by atoms with Crippen LogP contribution in [0.25, 0.3) is 11.0 Å². The Hall–Kier alpha value is -3.45. The fourth-order valence-corrected chi connectivity index (χ4v) is 5.02. The van der Waals surface area contributed by atoms with E-state index in [2.05, 4.69) is 0 Å². The minimum Gasteiger partial charge on any atom is -0.450 e. The van der Waals surface area contributed by atoms with E-state index >= 15 is 0 Å². The van der Waals surface area contributed by atoms with Crippen molar-refractivity contribution in [2.24, 2.45) is 0 Å². The number of amides is 2. The number of anilines is 1. The molecule has 0 fully saturated rings. The number of para-hydroxylation sites is 2. The van der Waals surface area contributed by atoms with Gasteiger partial charge in [0.2, 0.25) is 5.76 Å². The first-order chi connectivity index (χ1) is 15.6. The van der Waals surface area contributed by atoms with E-state index in [1.54, 1.807) is 29.2 Å². The van der Waals surface area contributed by atoms with Crippen molar-refractivity contribution in [1.82, 2.24) is 4.90 Å². The Bertz CT molecular complexity index is 1300. The predicted octanol–water partition coefficient (Wildman–Crippen LogP) is 3.29. The maximum atomic E-state index is 14.0. The molecule has 2 amide bonds. The molecule has 2 aliphatic rings. The molecule has 0 saturated carbocycles. The van der Waals surface area contributed by atoms with Gasteiger partial charge in [-0.05, 0) is 38.5 Å². The molecule has 3 heterocycles. The van der Waals surface area contributed by atoms with E-state index in [0.717, 1.165) is 0 Å². The summed E-state index contributed by atoms with van der Waals surface area (Å²) >= 11 is 0. The second kappa shape index (κ2) is 7.60. The molecule has 3 aromatic rings. The van der Waals surface area contributed by atoms with E-state index in [0.29, 0.717) is 48.4 Å². The van der Waals surface area contributed by atoms with Crippen LogP contribution in [0.15, 0.2) is 57.7 Å². The molecule has 5 rings (SSSR count). The van der Waals surface area contributed by atoms with Gasteiger partial charge in [0.1, 0.15) is 5.58 Å². The summed E-state index contributed by atoms with van der Waals surface area (Å²) in [4.78, 5) is 44.6. The fourth-order valence-electron chi connectivity index (χ4n) is 5.02. The highest BCUT2D eigenvalue weighted by Gasteiger charge is 2.64. The standard InChI is InChI=1S/C25H24N2O5/c1-3-26-18-12-7-6-11-17(18)25(24(26)30)20-21(28)16-10-5-8-13-19(16)32-22(20)23(29)27(25)14-9-15-31-4-2/h5-8,10-13H,3-4,9,14-15H2,1-2H3. The number of hydrogen-bond donors (Lipinski definition) is 0. The predicted molar refractivity (Wildman–Crippen MR) is 120 cm³/mol. The van der Waals surface area contributed by atoms with Crippen LogP contribution in [-0.2, 0) is 15.1 Å². The fraction of sp³-hybridized carbons (Fsp3) is 0.320. The second-order valence-electron chi connectivity index (χ2n) is 7.92. The average molecular weight is 432 g/mol. The van der Waals surface area contributed by atoms with Crippen LogP contribution < -0.4 is 10.3 Å². The van der Waals surface area contributed by atoms with E-state index in [1.807, 2.05) is 38.1 Å². The summed E-state index contributed by atoms with van der Waals surface area (Å²) < 4.78 is 11.4. The SMILES string of the molecule is CCOCCCN1C(=O)c2oc3ccccc3c(=O)c2C12C(=O)N(CC)c1ccccc12. The topological polar surface area (TPSA) is 80.1 Å². The Morgan fingerprint density at radius 3 is 2.53 bits per heavy atom. The van der Waals surface area contributed by atoms with Gasteiger partial charge < -0.3 is 19.0 Å². The maximum Gasteiger partial charge on any atom is 0.291 e. The third-order valence-electron chi connectivity index (χ3n) is 6.33. The largest absolute Gasteiger partial charge is 0.450 e. The Labute approximate surface area is 185 Å². The van der Waals surface area contributed by atoms with Gasteiger partial charge in [-0.25, -0.2) is 0 Å². The number of ether oxygens (including phenoxy) is 1. The first kappa shape index (κ1) is 20.5. The Morgan fingerprint density at radius 2 is 1.75 bits per heavy atom. The molecule has 1 spiro atoms. The molecule has 1 aromatic heterocycles. The lowest BCUT2D eigenvalue weighted by atomic mass is 9.84. The smallest absolute Gasteiger partial charge is 0.291 e. The van der Waals surface area contributed by atoms with E-state index in [-0.39, 0.29) is 29.2 Å². The number of nitrogens with zero attached hydrogens (tertiary/aromatic N) is 2. The van der Waals surface area contributed by atoms with Gasteiger partial charge in [0, 0.05) is 31.9 Å². The van der Waals surface area contributed by atoms with Crippen LogP contribution in [-0.4, -0.2) is 43.0 Å². The Kier molecular flexibility index (Phi) is 4.86. The highest BCUT2D eigenvalue weighted by molar-refractivity contribution is 6.17. The van der Waals surface area contributed by atoms with Gasteiger partial charge in [-0.3, -0.25) is 14.4 Å². The van der Waals surface area contributed by atoms with Crippen LogP contribution in [0.1, 0.15) is 41.9 Å². The number of rotatable bonds is 6. The molecule has 1 atom stereocenters. The number of benzene rings is 2. The Balaban J connectivity index is 1.81. The van der Waals surface area contributed by atoms with E-state index < -0.39 is 11.4 Å². The highest BCUT2D eigenvalue weighted by Crippen LogP contribution is 2.52. The highest BCUT2D eigenvalue weighted by atomic mass is 16.5. The first-order valence-corrected chi connectivity index (χ1v) is 10.9. The molecule has 7 heteroatoms. The normalized spacial score (nSPS) is 19.3. The monoisotopic (exact) mass is 432 g/mol. The van der Waals surface area contributed by atoms with Crippen molar-refractivity contribution in [2.75, 3.05) is 31.2 Å². The van der Waals surface area contributed by atoms with Crippen LogP contribution in [0.3, 0.4) is 0 Å². The minimum atomic E-state index is -1.53. The van der Waals surface area contributed by atoms with Gasteiger partial charge >= 0.3 is 0 Å². The molecule has 0 saturated heterocycles. The number of carbonyl (C=O) groups excluding carboxylic acids is 2. The molecule has 164 valence electrons. The molecule has 0 aliphatic carbocycles. The molecule has 0 radical (unpaired) electrons. The Morgan fingerprint density at radius 1 is 1.00 bits per heavy atom. The second-order valence-corrected chi connectivity index (χ2v) is 7.92. The van der Waals surface area contributed by atoms with Crippen molar-refractivity contribution in [2.45, 2.75) is 25.8 Å². The van der Waals surface area contributed by atoms with E-state index in [9.17, 15) is 14.4 Å². The average Bonchev–Trinajstić information content (AvgIpc) is 3.21. The van der Waals surface area contributed by atoms with Crippen LogP contribution >= 0.6 is 0 Å². The lowest BCUT2D eigenvalue weighted by molar-refractivity contribution is -0.126. The summed E-state index contributed by atoms with van der Waals surface area (Å²) in [7, 11) is 0. The summed E-state index contributed by atoms with van der Waals surface area (Å²) in [5.74, 6) is -0.793. The van der Waals surface area contributed by atoms with Gasteiger partial charge in [-0.1, -0.05) is 30.3 Å². The van der Waals surface area contributed by atoms with Crippen molar-refractivity contribution in [3.8, 4) is 0 Å². The zero-order chi connectivity index (χ0) is 22.5.